The molecule has 2 N–H and O–H groups in total. The van der Waals surface area contributed by atoms with E-state index in [1.807, 2.05) is 0 Å². The van der Waals surface area contributed by atoms with Gasteiger partial charge in [-0.05, 0) is 19.4 Å². The number of ether oxygens (including phenoxy) is 1. The number of thiazole rings is 1. The Morgan fingerprint density at radius 3 is 3.00 bits per heavy atom. The van der Waals surface area contributed by atoms with Gasteiger partial charge in [0.15, 0.2) is 0 Å². The molecule has 1 saturated heterocycles. The van der Waals surface area contributed by atoms with Crippen molar-refractivity contribution in [2.24, 2.45) is 5.73 Å². The summed E-state index contributed by atoms with van der Waals surface area (Å²) < 4.78 is 5.87. The summed E-state index contributed by atoms with van der Waals surface area (Å²) in [6.45, 7) is 6.73. The van der Waals surface area contributed by atoms with E-state index in [1.165, 1.54) is 23.4 Å². The van der Waals surface area contributed by atoms with Crippen molar-refractivity contribution in [1.82, 2.24) is 9.88 Å². The molecule has 0 spiro atoms. The van der Waals surface area contributed by atoms with Gasteiger partial charge in [-0.3, -0.25) is 4.90 Å². The van der Waals surface area contributed by atoms with E-state index in [4.69, 9.17) is 15.5 Å². The summed E-state index contributed by atoms with van der Waals surface area (Å²) in [6, 6.07) is 0. The molecule has 5 heteroatoms. The van der Waals surface area contributed by atoms with Gasteiger partial charge in [0.2, 0.25) is 0 Å². The molecular formula is C13H21N3OS. The van der Waals surface area contributed by atoms with Crippen molar-refractivity contribution in [2.45, 2.75) is 38.3 Å². The number of morpholine rings is 1. The van der Waals surface area contributed by atoms with E-state index in [0.717, 1.165) is 31.2 Å². The standard InChI is InChI=1S/C13H21N3OS/c1-2-16-5-6-17-10(8-16)13-15-12(9-3-4-9)11(7-14)18-13/h9-10H,2-8,14H2,1H3. The van der Waals surface area contributed by atoms with Gasteiger partial charge in [-0.25, -0.2) is 4.98 Å². The minimum absolute atomic E-state index is 0.154. The molecule has 1 aliphatic heterocycles. The summed E-state index contributed by atoms with van der Waals surface area (Å²) >= 11 is 1.76. The number of likely N-dealkylation sites (N-methyl/N-ethyl adjacent to an activating group) is 1. The van der Waals surface area contributed by atoms with Gasteiger partial charge in [0.1, 0.15) is 11.1 Å². The van der Waals surface area contributed by atoms with Crippen LogP contribution < -0.4 is 5.73 Å². The van der Waals surface area contributed by atoms with Crippen LogP contribution in [0.2, 0.25) is 0 Å². The highest BCUT2D eigenvalue weighted by molar-refractivity contribution is 7.11. The van der Waals surface area contributed by atoms with Crippen LogP contribution in [0.1, 0.15) is 47.4 Å². The van der Waals surface area contributed by atoms with Crippen molar-refractivity contribution < 1.29 is 4.74 Å². The lowest BCUT2D eigenvalue weighted by atomic mass is 10.2. The normalized spacial score (nSPS) is 25.6. The minimum atomic E-state index is 0.154. The van der Waals surface area contributed by atoms with Gasteiger partial charge in [-0.2, -0.15) is 0 Å². The fourth-order valence-corrected chi connectivity index (χ4v) is 3.55. The Morgan fingerprint density at radius 1 is 1.50 bits per heavy atom. The van der Waals surface area contributed by atoms with Crippen LogP contribution in [-0.4, -0.2) is 36.1 Å². The SMILES string of the molecule is CCN1CCOC(c2nc(C3CC3)c(CN)s2)C1. The molecule has 1 atom stereocenters. The van der Waals surface area contributed by atoms with Gasteiger partial charge in [0, 0.05) is 30.4 Å². The predicted octanol–water partition coefficient (Wildman–Crippen LogP) is 1.87. The van der Waals surface area contributed by atoms with E-state index in [2.05, 4.69) is 11.8 Å². The first-order valence-corrected chi connectivity index (χ1v) is 7.67. The van der Waals surface area contributed by atoms with Crippen LogP contribution >= 0.6 is 11.3 Å². The van der Waals surface area contributed by atoms with Crippen LogP contribution in [0.15, 0.2) is 0 Å². The maximum Gasteiger partial charge on any atom is 0.123 e. The second kappa shape index (κ2) is 5.25. The van der Waals surface area contributed by atoms with Gasteiger partial charge >= 0.3 is 0 Å². The summed E-state index contributed by atoms with van der Waals surface area (Å²) in [5.41, 5.74) is 7.09. The summed E-state index contributed by atoms with van der Waals surface area (Å²) in [5.74, 6) is 0.680. The lowest BCUT2D eigenvalue weighted by Gasteiger charge is -2.30. The topological polar surface area (TPSA) is 51.4 Å². The third-order valence-corrected chi connectivity index (χ3v) is 4.95. The fraction of sp³-hybridized carbons (Fsp3) is 0.769. The molecule has 2 heterocycles. The number of aromatic nitrogens is 1. The molecule has 100 valence electrons. The second-order valence-corrected chi connectivity index (χ2v) is 6.21. The molecule has 4 nitrogen and oxygen atoms in total. The summed E-state index contributed by atoms with van der Waals surface area (Å²) in [4.78, 5) is 8.52. The molecule has 1 aliphatic carbocycles. The van der Waals surface area contributed by atoms with Gasteiger partial charge < -0.3 is 10.5 Å². The highest BCUT2D eigenvalue weighted by atomic mass is 32.1. The van der Waals surface area contributed by atoms with Crippen LogP contribution in [0, 0.1) is 0 Å². The quantitative estimate of drug-likeness (QED) is 0.905. The van der Waals surface area contributed by atoms with Crippen LogP contribution in [0.5, 0.6) is 0 Å². The number of nitrogens with two attached hydrogens (primary N) is 1. The molecular weight excluding hydrogens is 246 g/mol. The molecule has 1 saturated carbocycles. The molecule has 1 aromatic heterocycles. The highest BCUT2D eigenvalue weighted by Gasteiger charge is 2.31. The van der Waals surface area contributed by atoms with Crippen molar-refractivity contribution in [3.05, 3.63) is 15.6 Å². The number of hydrogen-bond acceptors (Lipinski definition) is 5. The predicted molar refractivity (Wildman–Crippen MR) is 72.8 cm³/mol. The average molecular weight is 267 g/mol. The zero-order valence-corrected chi connectivity index (χ0v) is 11.7. The highest BCUT2D eigenvalue weighted by Crippen LogP contribution is 2.43. The average Bonchev–Trinajstić information content (AvgIpc) is 3.18. The Bertz CT molecular complexity index is 416. The molecule has 0 radical (unpaired) electrons. The van der Waals surface area contributed by atoms with Gasteiger partial charge in [0.05, 0.1) is 12.3 Å². The molecule has 2 fully saturated rings. The Morgan fingerprint density at radius 2 is 2.33 bits per heavy atom. The summed E-state index contributed by atoms with van der Waals surface area (Å²) in [6.07, 6.45) is 2.72. The molecule has 0 bridgehead atoms. The first-order chi connectivity index (χ1) is 8.81. The second-order valence-electron chi connectivity index (χ2n) is 5.09. The molecule has 1 unspecified atom stereocenters. The Balaban J connectivity index is 1.78. The zero-order valence-electron chi connectivity index (χ0n) is 10.9. The van der Waals surface area contributed by atoms with E-state index >= 15 is 0 Å². The molecule has 2 aliphatic rings. The minimum Gasteiger partial charge on any atom is -0.368 e. The maximum atomic E-state index is 5.87. The van der Waals surface area contributed by atoms with E-state index < -0.39 is 0 Å². The van der Waals surface area contributed by atoms with E-state index in [-0.39, 0.29) is 6.10 Å². The van der Waals surface area contributed by atoms with Crippen molar-refractivity contribution in [1.29, 1.82) is 0 Å². The Kier molecular flexibility index (Phi) is 3.66. The molecule has 3 rings (SSSR count). The molecule has 0 aromatic carbocycles. The molecule has 0 amide bonds. The summed E-state index contributed by atoms with van der Waals surface area (Å²) in [7, 11) is 0. The van der Waals surface area contributed by atoms with Gasteiger partial charge in [-0.1, -0.05) is 6.92 Å². The van der Waals surface area contributed by atoms with Gasteiger partial charge in [0.25, 0.3) is 0 Å². The van der Waals surface area contributed by atoms with Crippen molar-refractivity contribution in [3.63, 3.8) is 0 Å². The maximum absolute atomic E-state index is 5.87. The van der Waals surface area contributed by atoms with E-state index in [9.17, 15) is 0 Å². The van der Waals surface area contributed by atoms with E-state index in [1.54, 1.807) is 11.3 Å². The van der Waals surface area contributed by atoms with Crippen LogP contribution in [-0.2, 0) is 11.3 Å². The van der Waals surface area contributed by atoms with E-state index in [0.29, 0.717) is 12.5 Å². The zero-order chi connectivity index (χ0) is 12.5. The monoisotopic (exact) mass is 267 g/mol. The van der Waals surface area contributed by atoms with Crippen molar-refractivity contribution in [2.75, 3.05) is 26.2 Å². The third kappa shape index (κ3) is 2.45. The number of rotatable bonds is 4. The first kappa shape index (κ1) is 12.5. The summed E-state index contributed by atoms with van der Waals surface area (Å²) in [5, 5.41) is 1.13. The molecule has 18 heavy (non-hydrogen) atoms. The van der Waals surface area contributed by atoms with Crippen LogP contribution in [0.3, 0.4) is 0 Å². The lowest BCUT2D eigenvalue weighted by Crippen LogP contribution is -2.38. The Hall–Kier alpha value is -0.490. The fourth-order valence-electron chi connectivity index (χ4n) is 2.48. The Labute approximate surface area is 112 Å². The molecule has 1 aromatic rings. The van der Waals surface area contributed by atoms with Crippen LogP contribution in [0.25, 0.3) is 0 Å². The lowest BCUT2D eigenvalue weighted by molar-refractivity contribution is -0.0283. The van der Waals surface area contributed by atoms with Crippen LogP contribution in [0.4, 0.5) is 0 Å². The van der Waals surface area contributed by atoms with Crippen molar-refractivity contribution in [3.8, 4) is 0 Å². The number of hydrogen-bond donors (Lipinski definition) is 1. The van der Waals surface area contributed by atoms with Gasteiger partial charge in [-0.15, -0.1) is 11.3 Å². The largest absolute Gasteiger partial charge is 0.368 e. The van der Waals surface area contributed by atoms with Crippen molar-refractivity contribution >= 4 is 11.3 Å². The third-order valence-electron chi connectivity index (χ3n) is 3.77. The number of nitrogens with zero attached hydrogens (tertiary/aromatic N) is 2. The first-order valence-electron chi connectivity index (χ1n) is 6.85. The smallest absolute Gasteiger partial charge is 0.123 e.